The average Bonchev–Trinajstić information content (AvgIpc) is 2.32. The minimum absolute atomic E-state index is 0.529. The normalized spacial score (nSPS) is 10.4. The van der Waals surface area contributed by atoms with Gasteiger partial charge in [0.1, 0.15) is 0 Å². The van der Waals surface area contributed by atoms with Crippen molar-refractivity contribution in [3.63, 3.8) is 0 Å². The van der Waals surface area contributed by atoms with Crippen molar-refractivity contribution in [2.75, 3.05) is 11.1 Å². The fourth-order valence-electron chi connectivity index (χ4n) is 1.60. The van der Waals surface area contributed by atoms with Gasteiger partial charge >= 0.3 is 0 Å². The average molecular weight is 302 g/mol. The topological polar surface area (TPSA) is 38.0 Å². The predicted molar refractivity (Wildman–Crippen MR) is 80.3 cm³/mol. The Bertz CT molecular complexity index is 597. The molecule has 0 heterocycles. The zero-order valence-electron chi connectivity index (χ0n) is 9.60. The quantitative estimate of drug-likeness (QED) is 0.740. The summed E-state index contributed by atoms with van der Waals surface area (Å²) >= 11 is 18.0. The van der Waals surface area contributed by atoms with Gasteiger partial charge in [-0.25, -0.2) is 0 Å². The largest absolute Gasteiger partial charge is 0.397 e. The maximum Gasteiger partial charge on any atom is 0.0662 e. The zero-order chi connectivity index (χ0) is 13.3. The Hall–Kier alpha value is -1.09. The van der Waals surface area contributed by atoms with E-state index in [1.165, 1.54) is 0 Å². The summed E-state index contributed by atoms with van der Waals surface area (Å²) < 4.78 is 0. The molecule has 0 radical (unpaired) electrons. The van der Waals surface area contributed by atoms with Gasteiger partial charge in [-0.05, 0) is 42.8 Å². The Labute approximate surface area is 121 Å². The van der Waals surface area contributed by atoms with Crippen molar-refractivity contribution in [3.05, 3.63) is 51.0 Å². The first-order valence-corrected chi connectivity index (χ1v) is 6.39. The van der Waals surface area contributed by atoms with Crippen LogP contribution in [-0.2, 0) is 0 Å². The Balaban J connectivity index is 2.43. The van der Waals surface area contributed by atoms with E-state index in [0.717, 1.165) is 16.9 Å². The van der Waals surface area contributed by atoms with Gasteiger partial charge in [0.15, 0.2) is 0 Å². The number of hydrogen-bond donors (Lipinski definition) is 2. The number of halogens is 3. The third-order valence-corrected chi connectivity index (χ3v) is 3.58. The third-order valence-electron chi connectivity index (χ3n) is 2.62. The summed E-state index contributed by atoms with van der Waals surface area (Å²) in [4.78, 5) is 0. The van der Waals surface area contributed by atoms with Gasteiger partial charge in [0.05, 0.1) is 22.1 Å². The Morgan fingerprint density at radius 3 is 2.39 bits per heavy atom. The van der Waals surface area contributed by atoms with Crippen molar-refractivity contribution < 1.29 is 0 Å². The molecule has 3 N–H and O–H groups in total. The van der Waals surface area contributed by atoms with Gasteiger partial charge in [-0.2, -0.15) is 0 Å². The number of hydrogen-bond acceptors (Lipinski definition) is 2. The fourth-order valence-corrected chi connectivity index (χ4v) is 2.21. The molecule has 0 saturated heterocycles. The van der Waals surface area contributed by atoms with Crippen LogP contribution in [0.5, 0.6) is 0 Å². The van der Waals surface area contributed by atoms with E-state index in [-0.39, 0.29) is 0 Å². The van der Waals surface area contributed by atoms with E-state index in [4.69, 9.17) is 40.5 Å². The van der Waals surface area contributed by atoms with E-state index in [1.54, 1.807) is 30.3 Å². The lowest BCUT2D eigenvalue weighted by atomic mass is 10.1. The number of nitrogens with two attached hydrogens (primary N) is 1. The summed E-state index contributed by atoms with van der Waals surface area (Å²) in [5, 5.41) is 4.94. The fraction of sp³-hybridized carbons (Fsp3) is 0.0769. The van der Waals surface area contributed by atoms with Crippen molar-refractivity contribution in [2.45, 2.75) is 6.92 Å². The number of benzene rings is 2. The Morgan fingerprint density at radius 2 is 1.72 bits per heavy atom. The molecule has 94 valence electrons. The highest BCUT2D eigenvalue weighted by Crippen LogP contribution is 2.34. The van der Waals surface area contributed by atoms with E-state index in [1.807, 2.05) is 6.92 Å². The van der Waals surface area contributed by atoms with Gasteiger partial charge in [0, 0.05) is 10.0 Å². The van der Waals surface area contributed by atoms with Crippen LogP contribution >= 0.6 is 34.8 Å². The van der Waals surface area contributed by atoms with Crippen LogP contribution in [-0.4, -0.2) is 0 Å². The first kappa shape index (κ1) is 13.3. The molecule has 0 aliphatic rings. The van der Waals surface area contributed by atoms with Gasteiger partial charge in [-0.15, -0.1) is 0 Å². The highest BCUT2D eigenvalue weighted by atomic mass is 35.5. The van der Waals surface area contributed by atoms with Crippen molar-refractivity contribution in [2.24, 2.45) is 0 Å². The second-order valence-electron chi connectivity index (χ2n) is 3.89. The molecular weight excluding hydrogens is 291 g/mol. The van der Waals surface area contributed by atoms with Crippen molar-refractivity contribution in [1.82, 2.24) is 0 Å². The molecule has 0 amide bonds. The minimum Gasteiger partial charge on any atom is -0.397 e. The molecule has 5 heteroatoms. The summed E-state index contributed by atoms with van der Waals surface area (Å²) in [6.07, 6.45) is 0. The van der Waals surface area contributed by atoms with Crippen LogP contribution in [0.1, 0.15) is 5.56 Å². The monoisotopic (exact) mass is 300 g/mol. The number of nitrogens with one attached hydrogen (secondary N) is 1. The molecular formula is C13H11Cl3N2. The van der Waals surface area contributed by atoms with Crippen LogP contribution in [0, 0.1) is 6.92 Å². The molecule has 2 aromatic rings. The lowest BCUT2D eigenvalue weighted by Crippen LogP contribution is -1.99. The maximum atomic E-state index is 6.10. The van der Waals surface area contributed by atoms with Crippen LogP contribution in [0.4, 0.5) is 17.1 Å². The SMILES string of the molecule is Cc1c(Cl)ccc(N)c1Nc1ccc(Cl)cc1Cl. The summed E-state index contributed by atoms with van der Waals surface area (Å²) in [6.45, 7) is 1.89. The van der Waals surface area contributed by atoms with Gasteiger partial charge < -0.3 is 11.1 Å². The molecule has 0 spiro atoms. The second-order valence-corrected chi connectivity index (χ2v) is 5.14. The number of anilines is 3. The summed E-state index contributed by atoms with van der Waals surface area (Å²) in [7, 11) is 0. The smallest absolute Gasteiger partial charge is 0.0662 e. The molecule has 0 aromatic heterocycles. The van der Waals surface area contributed by atoms with E-state index >= 15 is 0 Å². The highest BCUT2D eigenvalue weighted by Gasteiger charge is 2.09. The van der Waals surface area contributed by atoms with Crippen LogP contribution < -0.4 is 11.1 Å². The standard InChI is InChI=1S/C13H11Cl3N2/c1-7-9(15)3-4-11(17)13(7)18-12-5-2-8(14)6-10(12)16/h2-6,18H,17H2,1H3. The van der Waals surface area contributed by atoms with Crippen LogP contribution in [0.3, 0.4) is 0 Å². The first-order valence-electron chi connectivity index (χ1n) is 5.25. The molecule has 18 heavy (non-hydrogen) atoms. The molecule has 0 fully saturated rings. The summed E-state index contributed by atoms with van der Waals surface area (Å²) in [6, 6.07) is 8.74. The first-order chi connectivity index (χ1) is 8.49. The van der Waals surface area contributed by atoms with Crippen LogP contribution in [0.15, 0.2) is 30.3 Å². The van der Waals surface area contributed by atoms with E-state index in [2.05, 4.69) is 5.32 Å². The minimum atomic E-state index is 0.529. The second kappa shape index (κ2) is 5.27. The highest BCUT2D eigenvalue weighted by molar-refractivity contribution is 6.36. The maximum absolute atomic E-state index is 6.10. The molecule has 0 saturated carbocycles. The number of rotatable bonds is 2. The molecule has 0 atom stereocenters. The van der Waals surface area contributed by atoms with Gasteiger partial charge in [-0.3, -0.25) is 0 Å². The van der Waals surface area contributed by atoms with E-state index in [9.17, 15) is 0 Å². The molecule has 0 unspecified atom stereocenters. The Morgan fingerprint density at radius 1 is 1.00 bits per heavy atom. The van der Waals surface area contributed by atoms with Gasteiger partial charge in [0.25, 0.3) is 0 Å². The van der Waals surface area contributed by atoms with Crippen molar-refractivity contribution in [3.8, 4) is 0 Å². The summed E-state index contributed by atoms with van der Waals surface area (Å²) in [5.74, 6) is 0. The van der Waals surface area contributed by atoms with Crippen LogP contribution in [0.2, 0.25) is 15.1 Å². The molecule has 2 rings (SSSR count). The Kier molecular flexibility index (Phi) is 3.91. The number of nitrogen functional groups attached to an aromatic ring is 1. The van der Waals surface area contributed by atoms with Crippen molar-refractivity contribution in [1.29, 1.82) is 0 Å². The molecule has 0 bridgehead atoms. The molecule has 0 aliphatic heterocycles. The molecule has 2 nitrogen and oxygen atoms in total. The van der Waals surface area contributed by atoms with Gasteiger partial charge in [-0.1, -0.05) is 34.8 Å². The van der Waals surface area contributed by atoms with Crippen molar-refractivity contribution >= 4 is 51.9 Å². The summed E-state index contributed by atoms with van der Waals surface area (Å²) in [5.41, 5.74) is 8.91. The van der Waals surface area contributed by atoms with Crippen LogP contribution in [0.25, 0.3) is 0 Å². The molecule has 0 aliphatic carbocycles. The zero-order valence-corrected chi connectivity index (χ0v) is 11.9. The lowest BCUT2D eigenvalue weighted by Gasteiger charge is -2.14. The third kappa shape index (κ3) is 2.66. The lowest BCUT2D eigenvalue weighted by molar-refractivity contribution is 1.43. The predicted octanol–water partition coefficient (Wildman–Crippen LogP) is 5.28. The van der Waals surface area contributed by atoms with Gasteiger partial charge in [0.2, 0.25) is 0 Å². The van der Waals surface area contributed by atoms with E-state index < -0.39 is 0 Å². The van der Waals surface area contributed by atoms with E-state index in [0.29, 0.717) is 20.8 Å². The molecule has 2 aromatic carbocycles.